The molecule has 0 saturated heterocycles. The van der Waals surface area contributed by atoms with E-state index in [-0.39, 0.29) is 11.7 Å². The lowest BCUT2D eigenvalue weighted by Gasteiger charge is -2.08. The van der Waals surface area contributed by atoms with Crippen LogP contribution in [0.1, 0.15) is 13.3 Å². The van der Waals surface area contributed by atoms with E-state index in [1.807, 2.05) is 34.9 Å². The van der Waals surface area contributed by atoms with E-state index >= 15 is 0 Å². The summed E-state index contributed by atoms with van der Waals surface area (Å²) in [5.74, 6) is 2.15. The number of furan rings is 1. The van der Waals surface area contributed by atoms with E-state index in [0.29, 0.717) is 28.2 Å². The molecule has 0 aliphatic heterocycles. The number of anilines is 1. The molecule has 136 valence electrons. The van der Waals surface area contributed by atoms with Crippen LogP contribution >= 0.6 is 11.8 Å². The zero-order valence-electron chi connectivity index (χ0n) is 14.6. The summed E-state index contributed by atoms with van der Waals surface area (Å²) in [6.07, 6.45) is 2.53. The second kappa shape index (κ2) is 8.57. The number of methoxy groups -OCH3 is 1. The number of benzene rings is 1. The number of rotatable bonds is 8. The molecule has 2 heterocycles. The van der Waals surface area contributed by atoms with E-state index < -0.39 is 0 Å². The van der Waals surface area contributed by atoms with E-state index in [2.05, 4.69) is 22.4 Å². The number of nitrogens with zero attached hydrogens (tertiary/aromatic N) is 3. The second-order valence-corrected chi connectivity index (χ2v) is 6.45. The predicted molar refractivity (Wildman–Crippen MR) is 100 cm³/mol. The summed E-state index contributed by atoms with van der Waals surface area (Å²) in [7, 11) is 1.59. The highest BCUT2D eigenvalue weighted by Crippen LogP contribution is 2.25. The Bertz CT molecular complexity index is 861. The minimum Gasteiger partial charge on any atom is -0.497 e. The zero-order valence-corrected chi connectivity index (χ0v) is 15.5. The number of hydrogen-bond acceptors (Lipinski definition) is 6. The fraction of sp³-hybridized carbons (Fsp3) is 0.278. The Balaban J connectivity index is 1.66. The van der Waals surface area contributed by atoms with Crippen molar-refractivity contribution >= 4 is 23.4 Å². The first-order valence-electron chi connectivity index (χ1n) is 8.25. The van der Waals surface area contributed by atoms with Crippen LogP contribution in [0.2, 0.25) is 0 Å². The molecule has 7 nitrogen and oxygen atoms in total. The summed E-state index contributed by atoms with van der Waals surface area (Å²) >= 11 is 1.35. The van der Waals surface area contributed by atoms with Gasteiger partial charge in [0.05, 0.1) is 19.1 Å². The summed E-state index contributed by atoms with van der Waals surface area (Å²) in [5, 5.41) is 12.0. The topological polar surface area (TPSA) is 82.2 Å². The Morgan fingerprint density at radius 2 is 2.19 bits per heavy atom. The molecule has 0 bridgehead atoms. The lowest BCUT2D eigenvalue weighted by molar-refractivity contribution is -0.113. The number of nitrogens with one attached hydrogen (secondary N) is 1. The molecule has 0 radical (unpaired) electrons. The van der Waals surface area contributed by atoms with Crippen molar-refractivity contribution in [3.63, 3.8) is 0 Å². The van der Waals surface area contributed by atoms with Crippen LogP contribution in [-0.4, -0.2) is 33.5 Å². The molecule has 1 aromatic carbocycles. The van der Waals surface area contributed by atoms with Gasteiger partial charge in [-0.1, -0.05) is 24.8 Å². The van der Waals surface area contributed by atoms with Gasteiger partial charge in [0.25, 0.3) is 0 Å². The van der Waals surface area contributed by atoms with Gasteiger partial charge in [0, 0.05) is 18.3 Å². The van der Waals surface area contributed by atoms with Gasteiger partial charge in [0.2, 0.25) is 5.91 Å². The SMILES string of the molecule is CCCn1c(SCC(=O)Nc2cccc(OC)c2)nnc1-c1ccco1. The monoisotopic (exact) mass is 372 g/mol. The molecule has 1 N–H and O–H groups in total. The van der Waals surface area contributed by atoms with Crippen LogP contribution in [0.15, 0.2) is 52.2 Å². The minimum absolute atomic E-state index is 0.117. The van der Waals surface area contributed by atoms with Crippen molar-refractivity contribution in [3.05, 3.63) is 42.7 Å². The fourth-order valence-electron chi connectivity index (χ4n) is 2.44. The van der Waals surface area contributed by atoms with Gasteiger partial charge >= 0.3 is 0 Å². The Kier molecular flexibility index (Phi) is 5.96. The van der Waals surface area contributed by atoms with Gasteiger partial charge in [-0.3, -0.25) is 9.36 Å². The van der Waals surface area contributed by atoms with Crippen LogP contribution in [0.4, 0.5) is 5.69 Å². The van der Waals surface area contributed by atoms with Crippen LogP contribution in [-0.2, 0) is 11.3 Å². The molecule has 0 atom stereocenters. The number of ether oxygens (including phenoxy) is 1. The number of hydrogen-bond donors (Lipinski definition) is 1. The maximum Gasteiger partial charge on any atom is 0.234 e. The van der Waals surface area contributed by atoms with Gasteiger partial charge in [-0.25, -0.2) is 0 Å². The third-order valence-electron chi connectivity index (χ3n) is 3.59. The maximum absolute atomic E-state index is 12.2. The molecule has 0 saturated carbocycles. The maximum atomic E-state index is 12.2. The molecule has 3 aromatic rings. The largest absolute Gasteiger partial charge is 0.497 e. The molecular weight excluding hydrogens is 352 g/mol. The first-order chi connectivity index (χ1) is 12.7. The number of carbonyl (C=O) groups excluding carboxylic acids is 1. The van der Waals surface area contributed by atoms with Gasteiger partial charge in [0.15, 0.2) is 16.7 Å². The van der Waals surface area contributed by atoms with Gasteiger partial charge < -0.3 is 14.5 Å². The van der Waals surface area contributed by atoms with Crippen molar-refractivity contribution in [2.75, 3.05) is 18.2 Å². The van der Waals surface area contributed by atoms with Crippen LogP contribution in [0.5, 0.6) is 5.75 Å². The van der Waals surface area contributed by atoms with E-state index in [1.165, 1.54) is 11.8 Å². The van der Waals surface area contributed by atoms with Gasteiger partial charge in [-0.15, -0.1) is 10.2 Å². The molecule has 2 aromatic heterocycles. The van der Waals surface area contributed by atoms with Crippen LogP contribution in [0.3, 0.4) is 0 Å². The van der Waals surface area contributed by atoms with E-state index in [1.54, 1.807) is 19.4 Å². The third kappa shape index (κ3) is 4.26. The van der Waals surface area contributed by atoms with E-state index in [4.69, 9.17) is 9.15 Å². The van der Waals surface area contributed by atoms with E-state index in [0.717, 1.165) is 13.0 Å². The summed E-state index contributed by atoms with van der Waals surface area (Å²) in [4.78, 5) is 12.2. The highest BCUT2D eigenvalue weighted by atomic mass is 32.2. The highest BCUT2D eigenvalue weighted by Gasteiger charge is 2.16. The summed E-state index contributed by atoms with van der Waals surface area (Å²) in [6, 6.07) is 10.9. The predicted octanol–water partition coefficient (Wildman–Crippen LogP) is 3.69. The van der Waals surface area contributed by atoms with Gasteiger partial charge in [-0.2, -0.15) is 0 Å². The molecule has 1 amide bonds. The fourth-order valence-corrected chi connectivity index (χ4v) is 3.20. The molecular formula is C18H20N4O3S. The Morgan fingerprint density at radius 3 is 2.92 bits per heavy atom. The standard InChI is InChI=1S/C18H20N4O3S/c1-3-9-22-17(15-8-5-10-25-15)20-21-18(22)26-12-16(23)19-13-6-4-7-14(11-13)24-2/h4-8,10-11H,3,9,12H2,1-2H3,(H,19,23). The summed E-state index contributed by atoms with van der Waals surface area (Å²) < 4.78 is 12.6. The molecule has 0 aliphatic carbocycles. The van der Waals surface area contributed by atoms with Crippen LogP contribution in [0, 0.1) is 0 Å². The average Bonchev–Trinajstić information content (AvgIpc) is 3.30. The van der Waals surface area contributed by atoms with Gasteiger partial charge in [-0.05, 0) is 30.7 Å². The summed E-state index contributed by atoms with van der Waals surface area (Å²) in [5.41, 5.74) is 0.696. The Labute approximate surface area is 155 Å². The number of aromatic nitrogens is 3. The van der Waals surface area contributed by atoms with E-state index in [9.17, 15) is 4.79 Å². The minimum atomic E-state index is -0.117. The molecule has 0 spiro atoms. The average molecular weight is 372 g/mol. The van der Waals surface area contributed by atoms with Crippen LogP contribution in [0.25, 0.3) is 11.6 Å². The second-order valence-electron chi connectivity index (χ2n) is 5.50. The van der Waals surface area contributed by atoms with Crippen molar-refractivity contribution in [3.8, 4) is 17.3 Å². The van der Waals surface area contributed by atoms with Gasteiger partial charge in [0.1, 0.15) is 5.75 Å². The lowest BCUT2D eigenvalue weighted by Crippen LogP contribution is -2.14. The first-order valence-corrected chi connectivity index (χ1v) is 9.23. The molecule has 0 unspecified atom stereocenters. The number of thioether (sulfide) groups is 1. The van der Waals surface area contributed by atoms with Crippen molar-refractivity contribution in [1.29, 1.82) is 0 Å². The van der Waals surface area contributed by atoms with Crippen molar-refractivity contribution in [1.82, 2.24) is 14.8 Å². The normalized spacial score (nSPS) is 10.7. The molecule has 3 rings (SSSR count). The lowest BCUT2D eigenvalue weighted by atomic mass is 10.3. The van der Waals surface area contributed by atoms with Crippen molar-refractivity contribution in [2.45, 2.75) is 25.0 Å². The van der Waals surface area contributed by atoms with Crippen LogP contribution < -0.4 is 10.1 Å². The zero-order chi connectivity index (χ0) is 18.4. The molecule has 8 heteroatoms. The number of carbonyl (C=O) groups is 1. The third-order valence-corrected chi connectivity index (χ3v) is 4.56. The van der Waals surface area contributed by atoms with Crippen molar-refractivity contribution in [2.24, 2.45) is 0 Å². The quantitative estimate of drug-likeness (QED) is 0.607. The molecule has 26 heavy (non-hydrogen) atoms. The number of amides is 1. The molecule has 0 aliphatic rings. The smallest absolute Gasteiger partial charge is 0.234 e. The summed E-state index contributed by atoms with van der Waals surface area (Å²) in [6.45, 7) is 2.83. The van der Waals surface area contributed by atoms with Crippen molar-refractivity contribution < 1.29 is 13.9 Å². The Hall–Kier alpha value is -2.74. The Morgan fingerprint density at radius 1 is 1.31 bits per heavy atom. The highest BCUT2D eigenvalue weighted by molar-refractivity contribution is 7.99. The first kappa shape index (κ1) is 18.1. The molecule has 0 fully saturated rings.